The summed E-state index contributed by atoms with van der Waals surface area (Å²) in [5.41, 5.74) is 1.54. The Kier molecular flexibility index (Phi) is 4.75. The lowest BCUT2D eigenvalue weighted by Crippen LogP contribution is -2.35. The molecule has 7 nitrogen and oxygen atoms in total. The second-order valence-electron chi connectivity index (χ2n) is 5.86. The third-order valence-corrected chi connectivity index (χ3v) is 4.56. The molecule has 0 atom stereocenters. The van der Waals surface area contributed by atoms with Gasteiger partial charge in [0.05, 0.1) is 17.8 Å². The minimum Gasteiger partial charge on any atom is -0.336 e. The summed E-state index contributed by atoms with van der Waals surface area (Å²) in [6.07, 6.45) is 3.91. The predicted molar refractivity (Wildman–Crippen MR) is 92.1 cm³/mol. The van der Waals surface area contributed by atoms with Crippen LogP contribution in [-0.4, -0.2) is 39.4 Å². The summed E-state index contributed by atoms with van der Waals surface area (Å²) in [5, 5.41) is 6.08. The summed E-state index contributed by atoms with van der Waals surface area (Å²) < 4.78 is 0. The SMILES string of the molecule is CC(C)NC(=O)Nc1nc2c(s1)CN(C(=O)c1cccnc1)CC2. The number of urea groups is 1. The third kappa shape index (κ3) is 3.70. The van der Waals surface area contributed by atoms with Crippen molar-refractivity contribution in [2.24, 2.45) is 0 Å². The van der Waals surface area contributed by atoms with Crippen molar-refractivity contribution in [2.75, 3.05) is 11.9 Å². The number of rotatable bonds is 3. The van der Waals surface area contributed by atoms with Crippen LogP contribution in [0.4, 0.5) is 9.93 Å². The predicted octanol–water partition coefficient (Wildman–Crippen LogP) is 2.27. The molecule has 0 spiro atoms. The van der Waals surface area contributed by atoms with E-state index in [0.717, 1.165) is 10.6 Å². The van der Waals surface area contributed by atoms with Crippen LogP contribution >= 0.6 is 11.3 Å². The van der Waals surface area contributed by atoms with Gasteiger partial charge in [-0.2, -0.15) is 0 Å². The van der Waals surface area contributed by atoms with Crippen LogP contribution in [0.1, 0.15) is 34.8 Å². The molecule has 2 N–H and O–H groups in total. The molecule has 0 aliphatic carbocycles. The Labute approximate surface area is 144 Å². The lowest BCUT2D eigenvalue weighted by Gasteiger charge is -2.25. The number of hydrogen-bond donors (Lipinski definition) is 2. The van der Waals surface area contributed by atoms with Crippen LogP contribution < -0.4 is 10.6 Å². The Morgan fingerprint density at radius 3 is 2.92 bits per heavy atom. The number of nitrogens with zero attached hydrogens (tertiary/aromatic N) is 3. The quantitative estimate of drug-likeness (QED) is 0.893. The van der Waals surface area contributed by atoms with E-state index in [-0.39, 0.29) is 18.0 Å². The van der Waals surface area contributed by atoms with Crippen molar-refractivity contribution < 1.29 is 9.59 Å². The van der Waals surface area contributed by atoms with Gasteiger partial charge in [0, 0.05) is 36.3 Å². The molecule has 0 saturated heterocycles. The van der Waals surface area contributed by atoms with E-state index >= 15 is 0 Å². The maximum atomic E-state index is 12.5. The molecule has 0 unspecified atom stereocenters. The smallest absolute Gasteiger partial charge is 0.321 e. The molecular weight excluding hydrogens is 326 g/mol. The van der Waals surface area contributed by atoms with Gasteiger partial charge in [-0.15, -0.1) is 0 Å². The summed E-state index contributed by atoms with van der Waals surface area (Å²) in [4.78, 5) is 35.5. The fourth-order valence-corrected chi connectivity index (χ4v) is 3.51. The van der Waals surface area contributed by atoms with E-state index in [1.54, 1.807) is 29.4 Å². The number of aromatic nitrogens is 2. The molecule has 0 fully saturated rings. The summed E-state index contributed by atoms with van der Waals surface area (Å²) >= 11 is 1.41. The molecule has 3 rings (SSSR count). The molecule has 0 bridgehead atoms. The van der Waals surface area contributed by atoms with Crippen molar-refractivity contribution in [3.8, 4) is 0 Å². The fraction of sp³-hybridized carbons (Fsp3) is 0.375. The lowest BCUT2D eigenvalue weighted by molar-refractivity contribution is 0.0735. The maximum absolute atomic E-state index is 12.5. The van der Waals surface area contributed by atoms with E-state index in [9.17, 15) is 9.59 Å². The second-order valence-corrected chi connectivity index (χ2v) is 6.94. The molecule has 8 heteroatoms. The van der Waals surface area contributed by atoms with Gasteiger partial charge >= 0.3 is 6.03 Å². The van der Waals surface area contributed by atoms with Crippen molar-refractivity contribution in [1.29, 1.82) is 0 Å². The number of fused-ring (bicyclic) bond motifs is 1. The zero-order valence-electron chi connectivity index (χ0n) is 13.6. The molecule has 126 valence electrons. The van der Waals surface area contributed by atoms with Crippen LogP contribution in [0.2, 0.25) is 0 Å². The van der Waals surface area contributed by atoms with Gasteiger partial charge in [-0.25, -0.2) is 9.78 Å². The number of carbonyl (C=O) groups is 2. The Hall–Kier alpha value is -2.48. The highest BCUT2D eigenvalue weighted by Gasteiger charge is 2.25. The number of anilines is 1. The van der Waals surface area contributed by atoms with Crippen molar-refractivity contribution in [3.05, 3.63) is 40.7 Å². The van der Waals surface area contributed by atoms with E-state index < -0.39 is 0 Å². The highest BCUT2D eigenvalue weighted by atomic mass is 32.1. The number of amides is 3. The zero-order valence-corrected chi connectivity index (χ0v) is 14.4. The number of hydrogen-bond acceptors (Lipinski definition) is 5. The van der Waals surface area contributed by atoms with Crippen LogP contribution in [0.15, 0.2) is 24.5 Å². The minimum absolute atomic E-state index is 0.0331. The molecule has 3 amide bonds. The van der Waals surface area contributed by atoms with Gasteiger partial charge < -0.3 is 10.2 Å². The maximum Gasteiger partial charge on any atom is 0.321 e. The Morgan fingerprint density at radius 1 is 1.38 bits per heavy atom. The lowest BCUT2D eigenvalue weighted by atomic mass is 10.1. The average Bonchev–Trinajstić information content (AvgIpc) is 2.95. The van der Waals surface area contributed by atoms with Crippen molar-refractivity contribution in [2.45, 2.75) is 32.9 Å². The molecule has 0 saturated carbocycles. The zero-order chi connectivity index (χ0) is 17.1. The summed E-state index contributed by atoms with van der Waals surface area (Å²) in [6, 6.07) is 3.32. The first kappa shape index (κ1) is 16.4. The highest BCUT2D eigenvalue weighted by molar-refractivity contribution is 7.15. The monoisotopic (exact) mass is 345 g/mol. The van der Waals surface area contributed by atoms with Crippen LogP contribution in [0.3, 0.4) is 0 Å². The number of nitrogens with one attached hydrogen (secondary N) is 2. The topological polar surface area (TPSA) is 87.2 Å². The fourth-order valence-electron chi connectivity index (χ4n) is 2.49. The van der Waals surface area contributed by atoms with E-state index in [1.807, 2.05) is 13.8 Å². The van der Waals surface area contributed by atoms with Gasteiger partial charge in [0.1, 0.15) is 0 Å². The van der Waals surface area contributed by atoms with Gasteiger partial charge in [0.25, 0.3) is 5.91 Å². The van der Waals surface area contributed by atoms with Crippen molar-refractivity contribution >= 4 is 28.4 Å². The largest absolute Gasteiger partial charge is 0.336 e. The minimum atomic E-state index is -0.264. The third-order valence-electron chi connectivity index (χ3n) is 3.57. The standard InChI is InChI=1S/C16H19N5O2S/c1-10(2)18-15(23)20-16-19-12-5-7-21(9-13(12)24-16)14(22)11-4-3-6-17-8-11/h3-4,6,8,10H,5,7,9H2,1-2H3,(H2,18,19,20,23). The van der Waals surface area contributed by atoms with E-state index in [1.165, 1.54) is 11.3 Å². The van der Waals surface area contributed by atoms with E-state index in [2.05, 4.69) is 20.6 Å². The molecular formula is C16H19N5O2S. The van der Waals surface area contributed by atoms with E-state index in [0.29, 0.717) is 30.2 Å². The van der Waals surface area contributed by atoms with Gasteiger partial charge in [-0.05, 0) is 26.0 Å². The first-order chi connectivity index (χ1) is 11.5. The number of pyridine rings is 1. The molecule has 2 aromatic rings. The molecule has 0 radical (unpaired) electrons. The Morgan fingerprint density at radius 2 is 2.21 bits per heavy atom. The summed E-state index contributed by atoms with van der Waals surface area (Å²) in [7, 11) is 0. The summed E-state index contributed by atoms with van der Waals surface area (Å²) in [5.74, 6) is -0.0331. The molecule has 1 aliphatic heterocycles. The first-order valence-corrected chi connectivity index (χ1v) is 8.60. The highest BCUT2D eigenvalue weighted by Crippen LogP contribution is 2.28. The van der Waals surface area contributed by atoms with Crippen LogP contribution in [-0.2, 0) is 13.0 Å². The average molecular weight is 345 g/mol. The summed E-state index contributed by atoms with van der Waals surface area (Å²) in [6.45, 7) is 4.92. The van der Waals surface area contributed by atoms with Crippen LogP contribution in [0.25, 0.3) is 0 Å². The molecule has 1 aliphatic rings. The second kappa shape index (κ2) is 6.96. The molecule has 2 aromatic heterocycles. The first-order valence-electron chi connectivity index (χ1n) is 7.78. The molecule has 24 heavy (non-hydrogen) atoms. The normalized spacial score (nSPS) is 13.5. The Bertz CT molecular complexity index is 744. The van der Waals surface area contributed by atoms with Gasteiger partial charge in [-0.3, -0.25) is 15.1 Å². The number of thiazole rings is 1. The van der Waals surface area contributed by atoms with Crippen LogP contribution in [0, 0.1) is 0 Å². The van der Waals surface area contributed by atoms with Crippen LogP contribution in [0.5, 0.6) is 0 Å². The number of carbonyl (C=O) groups excluding carboxylic acids is 2. The van der Waals surface area contributed by atoms with E-state index in [4.69, 9.17) is 0 Å². The van der Waals surface area contributed by atoms with Crippen molar-refractivity contribution in [1.82, 2.24) is 20.2 Å². The van der Waals surface area contributed by atoms with Crippen molar-refractivity contribution in [3.63, 3.8) is 0 Å². The molecule has 3 heterocycles. The molecule has 0 aromatic carbocycles. The van der Waals surface area contributed by atoms with Gasteiger partial charge in [-0.1, -0.05) is 11.3 Å². The Balaban J connectivity index is 1.68. The van der Waals surface area contributed by atoms with Gasteiger partial charge in [0.2, 0.25) is 0 Å². The van der Waals surface area contributed by atoms with Gasteiger partial charge in [0.15, 0.2) is 5.13 Å².